The number of nitrogens with one attached hydrogen (secondary N) is 2. The zero-order valence-corrected chi connectivity index (χ0v) is 10.2. The van der Waals surface area contributed by atoms with Crippen molar-refractivity contribution < 1.29 is 8.42 Å². The van der Waals surface area contributed by atoms with Gasteiger partial charge in [-0.3, -0.25) is 5.10 Å². The minimum Gasteiger partial charge on any atom is -0.329 e. The fourth-order valence-electron chi connectivity index (χ4n) is 1.36. The molecule has 6 nitrogen and oxygen atoms in total. The van der Waals surface area contributed by atoms with Crippen molar-refractivity contribution in [1.29, 1.82) is 0 Å². The predicted octanol–water partition coefficient (Wildman–Crippen LogP) is -0.471. The lowest BCUT2D eigenvalue weighted by molar-refractivity contribution is 0.579. The molecule has 0 radical (unpaired) electrons. The molecule has 0 spiro atoms. The van der Waals surface area contributed by atoms with Crippen LogP contribution >= 0.6 is 0 Å². The molecule has 0 saturated carbocycles. The molecule has 0 aliphatic heterocycles. The molecule has 7 heteroatoms. The summed E-state index contributed by atoms with van der Waals surface area (Å²) in [4.78, 5) is 0. The van der Waals surface area contributed by atoms with Crippen LogP contribution in [0.5, 0.6) is 0 Å². The minimum atomic E-state index is -3.18. The molecule has 0 fully saturated rings. The summed E-state index contributed by atoms with van der Waals surface area (Å²) >= 11 is 0. The van der Waals surface area contributed by atoms with Gasteiger partial charge in [-0.25, -0.2) is 13.1 Å². The molecular weight excluding hydrogens is 228 g/mol. The fourth-order valence-corrected chi connectivity index (χ4v) is 2.27. The Morgan fingerprint density at radius 2 is 2.31 bits per heavy atom. The maximum Gasteiger partial charge on any atom is 0.212 e. The van der Waals surface area contributed by atoms with Crippen LogP contribution in [-0.4, -0.2) is 37.5 Å². The number of rotatable bonds is 7. The van der Waals surface area contributed by atoms with Crippen molar-refractivity contribution in [2.24, 2.45) is 5.73 Å². The van der Waals surface area contributed by atoms with Crippen LogP contribution in [0, 0.1) is 6.92 Å². The highest BCUT2D eigenvalue weighted by Crippen LogP contribution is 2.05. The summed E-state index contributed by atoms with van der Waals surface area (Å²) in [6, 6.07) is 0. The molecule has 0 amide bonds. The van der Waals surface area contributed by atoms with E-state index in [0.29, 0.717) is 6.54 Å². The monoisotopic (exact) mass is 246 g/mol. The molecule has 0 atom stereocenters. The molecular formula is C9H18N4O2S. The Balaban J connectivity index is 2.25. The Labute approximate surface area is 95.7 Å². The van der Waals surface area contributed by atoms with Crippen LogP contribution in [-0.2, 0) is 16.4 Å². The van der Waals surface area contributed by atoms with Gasteiger partial charge in [0, 0.05) is 18.8 Å². The smallest absolute Gasteiger partial charge is 0.212 e. The second-order valence-electron chi connectivity index (χ2n) is 3.63. The topological polar surface area (TPSA) is 101 Å². The summed E-state index contributed by atoms with van der Waals surface area (Å²) in [6.07, 6.45) is 3.33. The van der Waals surface area contributed by atoms with Gasteiger partial charge in [0.15, 0.2) is 0 Å². The van der Waals surface area contributed by atoms with Crippen molar-refractivity contribution >= 4 is 10.0 Å². The van der Waals surface area contributed by atoms with Crippen molar-refractivity contribution in [3.8, 4) is 0 Å². The summed E-state index contributed by atoms with van der Waals surface area (Å²) < 4.78 is 25.0. The Morgan fingerprint density at radius 1 is 1.56 bits per heavy atom. The molecule has 1 rings (SSSR count). The zero-order chi connectivity index (χ0) is 12.0. The van der Waals surface area contributed by atoms with Crippen molar-refractivity contribution in [3.05, 3.63) is 17.5 Å². The number of nitrogens with zero attached hydrogens (tertiary/aromatic N) is 1. The molecule has 0 aromatic carbocycles. The zero-order valence-electron chi connectivity index (χ0n) is 9.36. The van der Waals surface area contributed by atoms with Crippen molar-refractivity contribution in [3.63, 3.8) is 0 Å². The van der Waals surface area contributed by atoms with E-state index < -0.39 is 10.0 Å². The van der Waals surface area contributed by atoms with Crippen molar-refractivity contribution in [1.82, 2.24) is 14.9 Å². The largest absolute Gasteiger partial charge is 0.329 e. The van der Waals surface area contributed by atoms with Gasteiger partial charge in [0.05, 0.1) is 11.9 Å². The molecule has 0 bridgehead atoms. The first-order chi connectivity index (χ1) is 7.55. The molecule has 0 unspecified atom stereocenters. The van der Waals surface area contributed by atoms with Crippen LogP contribution in [0.4, 0.5) is 0 Å². The summed E-state index contributed by atoms with van der Waals surface area (Å²) in [5, 5.41) is 6.74. The Morgan fingerprint density at radius 3 is 2.88 bits per heavy atom. The van der Waals surface area contributed by atoms with E-state index in [9.17, 15) is 8.42 Å². The second-order valence-corrected chi connectivity index (χ2v) is 5.55. The van der Waals surface area contributed by atoms with Crippen LogP contribution in [0.2, 0.25) is 0 Å². The third-order valence-corrected chi connectivity index (χ3v) is 3.68. The van der Waals surface area contributed by atoms with Gasteiger partial charge >= 0.3 is 0 Å². The van der Waals surface area contributed by atoms with Gasteiger partial charge in [-0.2, -0.15) is 5.10 Å². The SMILES string of the molecule is Cc1[nH]ncc1CCCNS(=O)(=O)CCN. The van der Waals surface area contributed by atoms with Gasteiger partial charge in [0.2, 0.25) is 10.0 Å². The first-order valence-corrected chi connectivity index (χ1v) is 6.86. The molecule has 16 heavy (non-hydrogen) atoms. The summed E-state index contributed by atoms with van der Waals surface area (Å²) in [5.74, 6) is -0.0161. The second kappa shape index (κ2) is 5.97. The number of sulfonamides is 1. The predicted molar refractivity (Wildman–Crippen MR) is 62.5 cm³/mol. The van der Waals surface area contributed by atoms with E-state index in [4.69, 9.17) is 5.73 Å². The Hall–Kier alpha value is -0.920. The number of aromatic nitrogens is 2. The number of hydrogen-bond acceptors (Lipinski definition) is 4. The lowest BCUT2D eigenvalue weighted by Crippen LogP contribution is -2.30. The number of hydrogen-bond donors (Lipinski definition) is 3. The van der Waals surface area contributed by atoms with E-state index in [0.717, 1.165) is 24.1 Å². The normalized spacial score (nSPS) is 11.9. The summed E-state index contributed by atoms with van der Waals surface area (Å²) in [7, 11) is -3.18. The first-order valence-electron chi connectivity index (χ1n) is 5.21. The minimum absolute atomic E-state index is 0.0161. The van der Waals surface area contributed by atoms with E-state index in [2.05, 4.69) is 14.9 Å². The van der Waals surface area contributed by atoms with Crippen LogP contribution < -0.4 is 10.5 Å². The number of nitrogens with two attached hydrogens (primary N) is 1. The fraction of sp³-hybridized carbons (Fsp3) is 0.667. The van der Waals surface area contributed by atoms with E-state index in [1.807, 2.05) is 6.92 Å². The molecule has 4 N–H and O–H groups in total. The number of H-pyrrole nitrogens is 1. The molecule has 0 aliphatic rings. The number of aryl methyl sites for hydroxylation is 2. The van der Waals surface area contributed by atoms with E-state index >= 15 is 0 Å². The van der Waals surface area contributed by atoms with Gasteiger partial charge in [-0.1, -0.05) is 0 Å². The summed E-state index contributed by atoms with van der Waals surface area (Å²) in [6.45, 7) is 2.53. The molecule has 1 aromatic heterocycles. The van der Waals surface area contributed by atoms with Crippen molar-refractivity contribution in [2.45, 2.75) is 19.8 Å². The quantitative estimate of drug-likeness (QED) is 0.566. The highest BCUT2D eigenvalue weighted by atomic mass is 32.2. The molecule has 1 heterocycles. The van der Waals surface area contributed by atoms with Crippen LogP contribution in [0.3, 0.4) is 0 Å². The van der Waals surface area contributed by atoms with Crippen molar-refractivity contribution in [2.75, 3.05) is 18.8 Å². The molecule has 0 aliphatic carbocycles. The third-order valence-electron chi connectivity index (χ3n) is 2.27. The standard InChI is InChI=1S/C9H18N4O2S/c1-8-9(7-11-13-8)3-2-5-12-16(14,15)6-4-10/h7,12H,2-6,10H2,1H3,(H,11,13). The van der Waals surface area contributed by atoms with Gasteiger partial charge in [0.25, 0.3) is 0 Å². The Kier molecular flexibility index (Phi) is 4.91. The highest BCUT2D eigenvalue weighted by molar-refractivity contribution is 7.89. The summed E-state index contributed by atoms with van der Waals surface area (Å²) in [5.41, 5.74) is 7.34. The van der Waals surface area contributed by atoms with Gasteiger partial charge in [0.1, 0.15) is 0 Å². The maximum atomic E-state index is 11.2. The lowest BCUT2D eigenvalue weighted by atomic mass is 10.1. The van der Waals surface area contributed by atoms with Gasteiger partial charge in [-0.05, 0) is 25.3 Å². The number of aromatic amines is 1. The average Bonchev–Trinajstić information content (AvgIpc) is 2.59. The Bertz CT molecular complexity index is 413. The van der Waals surface area contributed by atoms with Gasteiger partial charge < -0.3 is 5.73 Å². The van der Waals surface area contributed by atoms with E-state index in [-0.39, 0.29) is 12.3 Å². The lowest BCUT2D eigenvalue weighted by Gasteiger charge is -2.04. The molecule has 0 saturated heterocycles. The third kappa shape index (κ3) is 4.30. The van der Waals surface area contributed by atoms with Crippen LogP contribution in [0.25, 0.3) is 0 Å². The molecule has 1 aromatic rings. The average molecular weight is 246 g/mol. The maximum absolute atomic E-state index is 11.2. The highest BCUT2D eigenvalue weighted by Gasteiger charge is 2.07. The van der Waals surface area contributed by atoms with Crippen LogP contribution in [0.1, 0.15) is 17.7 Å². The van der Waals surface area contributed by atoms with E-state index in [1.54, 1.807) is 6.20 Å². The first kappa shape index (κ1) is 13.1. The van der Waals surface area contributed by atoms with E-state index in [1.165, 1.54) is 0 Å². The van der Waals surface area contributed by atoms with Crippen LogP contribution in [0.15, 0.2) is 6.20 Å². The molecule has 92 valence electrons. The van der Waals surface area contributed by atoms with Gasteiger partial charge in [-0.15, -0.1) is 0 Å².